The highest BCUT2D eigenvalue weighted by atomic mass is 19.2. The van der Waals surface area contributed by atoms with E-state index >= 15 is 0 Å². The molecule has 4 rings (SSSR count). The summed E-state index contributed by atoms with van der Waals surface area (Å²) in [5.74, 6) is -12.4. The van der Waals surface area contributed by atoms with E-state index < -0.39 is 51.4 Å². The maximum atomic E-state index is 14.0. The quantitative estimate of drug-likeness (QED) is 0.139. The van der Waals surface area contributed by atoms with Crippen LogP contribution >= 0.6 is 0 Å². The number of hydrogen-bond acceptors (Lipinski definition) is 5. The van der Waals surface area contributed by atoms with Crippen LogP contribution in [0.3, 0.4) is 0 Å². The lowest BCUT2D eigenvalue weighted by atomic mass is 10.1. The van der Waals surface area contributed by atoms with Crippen LogP contribution < -0.4 is 5.32 Å². The molecule has 4 aromatic rings. The van der Waals surface area contributed by atoms with E-state index in [9.17, 15) is 36.9 Å². The van der Waals surface area contributed by atoms with Crippen molar-refractivity contribution >= 4 is 28.4 Å². The van der Waals surface area contributed by atoms with E-state index in [2.05, 4.69) is 10.3 Å². The first-order valence-electron chi connectivity index (χ1n) is 9.07. The summed E-state index contributed by atoms with van der Waals surface area (Å²) in [6.45, 7) is 1.51. The van der Waals surface area contributed by atoms with Gasteiger partial charge in [0, 0.05) is 22.9 Å². The summed E-state index contributed by atoms with van der Waals surface area (Å²) in [6, 6.07) is 7.70. The van der Waals surface area contributed by atoms with Gasteiger partial charge in [0.15, 0.2) is 28.9 Å². The maximum absolute atomic E-state index is 14.0. The number of nitro groups is 1. The molecule has 0 atom stereocenters. The first-order chi connectivity index (χ1) is 15.6. The van der Waals surface area contributed by atoms with Crippen LogP contribution in [-0.4, -0.2) is 15.8 Å². The number of fused-ring (bicyclic) bond motifs is 1. The molecule has 0 aliphatic heterocycles. The fourth-order valence-corrected chi connectivity index (χ4v) is 3.06. The SMILES string of the molecule is Cc1ccc(C(=O)Nc2ccc3oc(-c4c(F)c(F)c(F)c(F)c4F)nc3c2)cc1[N+](=O)[O-]. The molecule has 12 heteroatoms. The number of nitro benzene ring substituents is 1. The molecule has 0 aliphatic rings. The van der Waals surface area contributed by atoms with Gasteiger partial charge in [-0.2, -0.15) is 0 Å². The fraction of sp³-hybridized carbons (Fsp3) is 0.0476. The third kappa shape index (κ3) is 3.75. The van der Waals surface area contributed by atoms with Crippen LogP contribution in [0.4, 0.5) is 33.3 Å². The number of halogens is 5. The van der Waals surface area contributed by atoms with E-state index in [0.29, 0.717) is 5.56 Å². The van der Waals surface area contributed by atoms with E-state index in [1.54, 1.807) is 0 Å². The van der Waals surface area contributed by atoms with Crippen molar-refractivity contribution in [2.45, 2.75) is 6.92 Å². The largest absolute Gasteiger partial charge is 0.436 e. The number of carbonyl (C=O) groups excluding carboxylic acids is 1. The molecule has 1 amide bonds. The number of nitrogens with one attached hydrogen (secondary N) is 1. The van der Waals surface area contributed by atoms with Gasteiger partial charge in [0.05, 0.1) is 4.92 Å². The van der Waals surface area contributed by atoms with E-state index in [1.165, 1.54) is 37.3 Å². The Morgan fingerprint density at radius 3 is 2.24 bits per heavy atom. The standard InChI is InChI=1S/C21H10F5N3O4/c1-8-2-3-9(6-12(8)29(31)32)20(30)27-10-4-5-13-11(7-10)28-21(33-13)14-15(22)17(24)19(26)18(25)16(14)23/h2-7H,1H3,(H,27,30). The van der Waals surface area contributed by atoms with Gasteiger partial charge in [-0.1, -0.05) is 6.07 Å². The van der Waals surface area contributed by atoms with Gasteiger partial charge in [0.2, 0.25) is 11.7 Å². The zero-order valence-corrected chi connectivity index (χ0v) is 16.4. The van der Waals surface area contributed by atoms with Gasteiger partial charge in [0.1, 0.15) is 11.1 Å². The second-order valence-corrected chi connectivity index (χ2v) is 6.86. The van der Waals surface area contributed by atoms with Crippen molar-refractivity contribution in [3.8, 4) is 11.5 Å². The van der Waals surface area contributed by atoms with E-state index in [4.69, 9.17) is 4.42 Å². The van der Waals surface area contributed by atoms with Crippen LogP contribution in [0.1, 0.15) is 15.9 Å². The predicted molar refractivity (Wildman–Crippen MR) is 105 cm³/mol. The summed E-state index contributed by atoms with van der Waals surface area (Å²) in [4.78, 5) is 26.7. The Bertz CT molecular complexity index is 1440. The third-order valence-corrected chi connectivity index (χ3v) is 4.74. The molecule has 0 radical (unpaired) electrons. The molecule has 3 aromatic carbocycles. The minimum absolute atomic E-state index is 0.00496. The molecule has 1 N–H and O–H groups in total. The fourth-order valence-electron chi connectivity index (χ4n) is 3.06. The van der Waals surface area contributed by atoms with Crippen LogP contribution in [0.2, 0.25) is 0 Å². The van der Waals surface area contributed by atoms with Gasteiger partial charge in [-0.25, -0.2) is 26.9 Å². The lowest BCUT2D eigenvalue weighted by Crippen LogP contribution is -2.12. The van der Waals surface area contributed by atoms with E-state index in [1.807, 2.05) is 0 Å². The van der Waals surface area contributed by atoms with Crippen molar-refractivity contribution in [3.05, 3.63) is 86.7 Å². The monoisotopic (exact) mass is 463 g/mol. The molecule has 0 saturated carbocycles. The average Bonchev–Trinajstić information content (AvgIpc) is 3.19. The van der Waals surface area contributed by atoms with Crippen LogP contribution in [-0.2, 0) is 0 Å². The predicted octanol–water partition coefficient (Wildman–Crippen LogP) is 5.66. The van der Waals surface area contributed by atoms with Gasteiger partial charge in [-0.15, -0.1) is 0 Å². The Morgan fingerprint density at radius 2 is 1.61 bits per heavy atom. The molecule has 0 unspecified atom stereocenters. The molecule has 0 bridgehead atoms. The summed E-state index contributed by atoms with van der Waals surface area (Å²) in [5.41, 5.74) is -1.20. The Hall–Kier alpha value is -4.35. The van der Waals surface area contributed by atoms with E-state index in [-0.39, 0.29) is 28.0 Å². The van der Waals surface area contributed by atoms with Crippen LogP contribution in [0.15, 0.2) is 40.8 Å². The average molecular weight is 463 g/mol. The summed E-state index contributed by atoms with van der Waals surface area (Å²) < 4.78 is 73.5. The molecule has 7 nitrogen and oxygen atoms in total. The molecule has 0 saturated heterocycles. The highest BCUT2D eigenvalue weighted by Crippen LogP contribution is 2.33. The van der Waals surface area contributed by atoms with Crippen LogP contribution in [0.25, 0.3) is 22.6 Å². The summed E-state index contributed by atoms with van der Waals surface area (Å²) in [7, 11) is 0. The molecular formula is C21H10F5N3O4. The molecule has 0 spiro atoms. The van der Waals surface area contributed by atoms with Crippen molar-refractivity contribution in [1.82, 2.24) is 4.98 Å². The lowest BCUT2D eigenvalue weighted by molar-refractivity contribution is -0.385. The van der Waals surface area contributed by atoms with Gasteiger partial charge in [0.25, 0.3) is 11.6 Å². The number of aromatic nitrogens is 1. The Balaban J connectivity index is 1.68. The first-order valence-corrected chi connectivity index (χ1v) is 9.07. The minimum atomic E-state index is -2.31. The Morgan fingerprint density at radius 1 is 0.970 bits per heavy atom. The number of oxazole rings is 1. The molecule has 33 heavy (non-hydrogen) atoms. The minimum Gasteiger partial charge on any atom is -0.436 e. The highest BCUT2D eigenvalue weighted by molar-refractivity contribution is 6.05. The molecule has 168 valence electrons. The smallest absolute Gasteiger partial charge is 0.273 e. The number of amides is 1. The number of aryl methyl sites for hydroxylation is 1. The molecule has 0 aliphatic carbocycles. The highest BCUT2D eigenvalue weighted by Gasteiger charge is 2.29. The van der Waals surface area contributed by atoms with Crippen molar-refractivity contribution in [1.29, 1.82) is 0 Å². The van der Waals surface area contributed by atoms with Crippen LogP contribution in [0.5, 0.6) is 0 Å². The Kier molecular flexibility index (Phi) is 5.28. The third-order valence-electron chi connectivity index (χ3n) is 4.74. The normalized spacial score (nSPS) is 11.1. The second kappa shape index (κ2) is 7.97. The molecule has 0 fully saturated rings. The summed E-state index contributed by atoms with van der Waals surface area (Å²) >= 11 is 0. The first kappa shape index (κ1) is 21.9. The zero-order valence-electron chi connectivity index (χ0n) is 16.4. The number of anilines is 1. The van der Waals surface area contributed by atoms with Gasteiger partial charge < -0.3 is 9.73 Å². The topological polar surface area (TPSA) is 98.3 Å². The zero-order chi connectivity index (χ0) is 24.0. The number of benzene rings is 3. The van der Waals surface area contributed by atoms with Gasteiger partial charge >= 0.3 is 0 Å². The van der Waals surface area contributed by atoms with Gasteiger partial charge in [-0.3, -0.25) is 14.9 Å². The molecule has 1 aromatic heterocycles. The molecule has 1 heterocycles. The number of nitrogens with zero attached hydrogens (tertiary/aromatic N) is 2. The number of rotatable bonds is 4. The van der Waals surface area contributed by atoms with Crippen molar-refractivity contribution in [2.75, 3.05) is 5.32 Å². The lowest BCUT2D eigenvalue weighted by Gasteiger charge is -2.06. The van der Waals surface area contributed by atoms with Crippen molar-refractivity contribution in [2.24, 2.45) is 0 Å². The van der Waals surface area contributed by atoms with Crippen molar-refractivity contribution < 1.29 is 36.1 Å². The van der Waals surface area contributed by atoms with Crippen molar-refractivity contribution in [3.63, 3.8) is 0 Å². The van der Waals surface area contributed by atoms with E-state index in [0.717, 1.165) is 6.07 Å². The number of hydrogen-bond donors (Lipinski definition) is 1. The molecular weight excluding hydrogens is 453 g/mol. The Labute approximate surface area is 180 Å². The maximum Gasteiger partial charge on any atom is 0.273 e. The summed E-state index contributed by atoms with van der Waals surface area (Å²) in [6.07, 6.45) is 0. The number of carbonyl (C=O) groups is 1. The summed E-state index contributed by atoms with van der Waals surface area (Å²) in [5, 5.41) is 13.5. The van der Waals surface area contributed by atoms with Gasteiger partial charge in [-0.05, 0) is 31.2 Å². The second-order valence-electron chi connectivity index (χ2n) is 6.86. The van der Waals surface area contributed by atoms with Crippen LogP contribution in [0, 0.1) is 46.1 Å².